The molecule has 1 aromatic heterocycles. The van der Waals surface area contributed by atoms with Gasteiger partial charge < -0.3 is 5.11 Å². The molecule has 0 aliphatic carbocycles. The van der Waals surface area contributed by atoms with E-state index in [0.29, 0.717) is 0 Å². The van der Waals surface area contributed by atoms with E-state index in [-0.39, 0.29) is 16.6 Å². The highest BCUT2D eigenvalue weighted by Gasteiger charge is 2.22. The smallest absolute Gasteiger partial charge is 0.355 e. The SMILES string of the molecule is N#Cc1nc(C(=O)O)c(C(F)F)cc1CBr. The van der Waals surface area contributed by atoms with Crippen LogP contribution in [0.15, 0.2) is 6.07 Å². The molecule has 1 rings (SSSR count). The molecule has 1 heterocycles. The maximum Gasteiger partial charge on any atom is 0.355 e. The Morgan fingerprint density at radius 2 is 2.31 bits per heavy atom. The number of hydrogen-bond acceptors (Lipinski definition) is 3. The van der Waals surface area contributed by atoms with Gasteiger partial charge in [0.1, 0.15) is 11.8 Å². The van der Waals surface area contributed by atoms with Crippen LogP contribution in [0, 0.1) is 11.3 Å². The fraction of sp³-hybridized carbons (Fsp3) is 0.222. The van der Waals surface area contributed by atoms with E-state index in [1.54, 1.807) is 6.07 Å². The van der Waals surface area contributed by atoms with Crippen LogP contribution >= 0.6 is 15.9 Å². The monoisotopic (exact) mass is 290 g/mol. The molecule has 0 spiro atoms. The summed E-state index contributed by atoms with van der Waals surface area (Å²) < 4.78 is 25.1. The highest BCUT2D eigenvalue weighted by Crippen LogP contribution is 2.25. The van der Waals surface area contributed by atoms with Gasteiger partial charge in [-0.15, -0.1) is 0 Å². The number of alkyl halides is 3. The lowest BCUT2D eigenvalue weighted by molar-refractivity contribution is 0.0677. The number of pyridine rings is 1. The van der Waals surface area contributed by atoms with E-state index in [2.05, 4.69) is 20.9 Å². The summed E-state index contributed by atoms with van der Waals surface area (Å²) in [4.78, 5) is 14.1. The number of nitrogens with zero attached hydrogens (tertiary/aromatic N) is 2. The molecule has 7 heteroatoms. The lowest BCUT2D eigenvalue weighted by atomic mass is 10.1. The molecule has 1 N–H and O–H groups in total. The second-order valence-electron chi connectivity index (χ2n) is 2.79. The number of rotatable bonds is 3. The molecule has 0 radical (unpaired) electrons. The van der Waals surface area contributed by atoms with Crippen LogP contribution in [0.2, 0.25) is 0 Å². The van der Waals surface area contributed by atoms with E-state index in [1.807, 2.05) is 0 Å². The molecular formula is C9H5BrF2N2O2. The third kappa shape index (κ3) is 2.33. The van der Waals surface area contributed by atoms with E-state index in [4.69, 9.17) is 10.4 Å². The van der Waals surface area contributed by atoms with E-state index in [0.717, 1.165) is 6.07 Å². The molecule has 0 bridgehead atoms. The first kappa shape index (κ1) is 12.5. The molecule has 0 unspecified atom stereocenters. The van der Waals surface area contributed by atoms with E-state index in [1.165, 1.54) is 0 Å². The number of carboxylic acid groups (broad SMARTS) is 1. The fourth-order valence-corrected chi connectivity index (χ4v) is 1.54. The van der Waals surface area contributed by atoms with Crippen LogP contribution in [0.25, 0.3) is 0 Å². The van der Waals surface area contributed by atoms with Crippen LogP contribution in [0.3, 0.4) is 0 Å². The molecule has 16 heavy (non-hydrogen) atoms. The van der Waals surface area contributed by atoms with Crippen molar-refractivity contribution in [1.29, 1.82) is 5.26 Å². The lowest BCUT2D eigenvalue weighted by Gasteiger charge is -2.07. The summed E-state index contributed by atoms with van der Waals surface area (Å²) in [5.41, 5.74) is -1.39. The quantitative estimate of drug-likeness (QED) is 0.868. The summed E-state index contributed by atoms with van der Waals surface area (Å²) in [6.07, 6.45) is -2.94. The van der Waals surface area contributed by atoms with Crippen molar-refractivity contribution in [3.05, 3.63) is 28.6 Å². The summed E-state index contributed by atoms with van der Waals surface area (Å²) in [5.74, 6) is -1.58. The minimum atomic E-state index is -2.94. The molecular weight excluding hydrogens is 286 g/mol. The molecule has 0 amide bonds. The van der Waals surface area contributed by atoms with Crippen molar-refractivity contribution >= 4 is 21.9 Å². The molecule has 0 saturated heterocycles. The summed E-state index contributed by atoms with van der Waals surface area (Å²) >= 11 is 3.01. The minimum absolute atomic E-state index is 0.155. The summed E-state index contributed by atoms with van der Waals surface area (Å²) in [6, 6.07) is 2.64. The first-order valence-corrected chi connectivity index (χ1v) is 5.14. The predicted octanol–water partition coefficient (Wildman–Crippen LogP) is 2.48. The van der Waals surface area contributed by atoms with Crippen LogP contribution in [-0.4, -0.2) is 16.1 Å². The molecule has 4 nitrogen and oxygen atoms in total. The van der Waals surface area contributed by atoms with Crippen LogP contribution in [0.5, 0.6) is 0 Å². The van der Waals surface area contributed by atoms with Crippen molar-refractivity contribution < 1.29 is 18.7 Å². The van der Waals surface area contributed by atoms with Crippen molar-refractivity contribution in [3.8, 4) is 6.07 Å². The van der Waals surface area contributed by atoms with E-state index in [9.17, 15) is 13.6 Å². The molecule has 0 aromatic carbocycles. The highest BCUT2D eigenvalue weighted by molar-refractivity contribution is 9.08. The zero-order valence-corrected chi connectivity index (χ0v) is 9.33. The molecule has 0 fully saturated rings. The first-order valence-electron chi connectivity index (χ1n) is 4.02. The van der Waals surface area contributed by atoms with Gasteiger partial charge in [-0.1, -0.05) is 15.9 Å². The van der Waals surface area contributed by atoms with Crippen LogP contribution in [0.4, 0.5) is 8.78 Å². The normalized spacial score (nSPS) is 10.2. The molecule has 0 aliphatic rings. The third-order valence-electron chi connectivity index (χ3n) is 1.82. The Labute approximate surface area is 97.7 Å². The molecule has 1 aromatic rings. The van der Waals surface area contributed by atoms with Gasteiger partial charge in [0.25, 0.3) is 6.43 Å². The van der Waals surface area contributed by atoms with Crippen LogP contribution in [-0.2, 0) is 5.33 Å². The number of aromatic carboxylic acids is 1. The van der Waals surface area contributed by atoms with Gasteiger partial charge >= 0.3 is 5.97 Å². The van der Waals surface area contributed by atoms with Gasteiger partial charge in [-0.25, -0.2) is 18.6 Å². The predicted molar refractivity (Wildman–Crippen MR) is 53.5 cm³/mol. The fourth-order valence-electron chi connectivity index (χ4n) is 1.11. The van der Waals surface area contributed by atoms with Crippen LogP contribution in [0.1, 0.15) is 33.7 Å². The molecule has 0 atom stereocenters. The number of aromatic nitrogens is 1. The highest BCUT2D eigenvalue weighted by atomic mass is 79.9. The van der Waals surface area contributed by atoms with Gasteiger partial charge in [0.05, 0.1) is 5.56 Å². The van der Waals surface area contributed by atoms with Gasteiger partial charge in [0.2, 0.25) is 0 Å². The Morgan fingerprint density at radius 3 is 2.69 bits per heavy atom. The zero-order chi connectivity index (χ0) is 12.3. The minimum Gasteiger partial charge on any atom is -0.476 e. The maximum atomic E-state index is 12.5. The van der Waals surface area contributed by atoms with Crippen molar-refractivity contribution in [2.75, 3.05) is 0 Å². The summed E-state index contributed by atoms with van der Waals surface area (Å²) in [6.45, 7) is 0. The van der Waals surface area contributed by atoms with Crippen molar-refractivity contribution in [2.45, 2.75) is 11.8 Å². The first-order chi connectivity index (χ1) is 7.51. The van der Waals surface area contributed by atoms with Crippen molar-refractivity contribution in [3.63, 3.8) is 0 Å². The molecule has 84 valence electrons. The van der Waals surface area contributed by atoms with Gasteiger partial charge in [0.15, 0.2) is 5.69 Å². The van der Waals surface area contributed by atoms with Gasteiger partial charge in [-0.2, -0.15) is 5.26 Å². The largest absolute Gasteiger partial charge is 0.476 e. The van der Waals surface area contributed by atoms with Crippen molar-refractivity contribution in [1.82, 2.24) is 4.98 Å². The summed E-state index contributed by atoms with van der Waals surface area (Å²) in [7, 11) is 0. The average Bonchev–Trinajstić information content (AvgIpc) is 2.26. The Morgan fingerprint density at radius 1 is 1.69 bits per heavy atom. The van der Waals surface area contributed by atoms with Gasteiger partial charge in [0, 0.05) is 5.33 Å². The van der Waals surface area contributed by atoms with E-state index >= 15 is 0 Å². The molecule has 0 aliphatic heterocycles. The Kier molecular flexibility index (Phi) is 3.90. The number of carbonyl (C=O) groups is 1. The average molecular weight is 291 g/mol. The number of halogens is 3. The maximum absolute atomic E-state index is 12.5. The second-order valence-corrected chi connectivity index (χ2v) is 3.35. The van der Waals surface area contributed by atoms with Crippen molar-refractivity contribution in [2.24, 2.45) is 0 Å². The van der Waals surface area contributed by atoms with Crippen LogP contribution < -0.4 is 0 Å². The Bertz CT molecular complexity index is 471. The number of carboxylic acids is 1. The van der Waals surface area contributed by atoms with Gasteiger partial charge in [-0.05, 0) is 11.6 Å². The van der Waals surface area contributed by atoms with Gasteiger partial charge in [-0.3, -0.25) is 0 Å². The lowest BCUT2D eigenvalue weighted by Crippen LogP contribution is -2.09. The summed E-state index contributed by atoms with van der Waals surface area (Å²) in [5, 5.41) is 17.5. The zero-order valence-electron chi connectivity index (χ0n) is 7.75. The Hall–Kier alpha value is -1.55. The standard InChI is InChI=1S/C9H5BrF2N2O2/c10-2-4-1-5(8(11)12)7(9(15)16)14-6(4)3-13/h1,8H,2H2,(H,15,16). The molecule has 0 saturated carbocycles. The number of hydrogen-bond donors (Lipinski definition) is 1. The third-order valence-corrected chi connectivity index (χ3v) is 2.42. The second kappa shape index (κ2) is 4.99. The number of nitriles is 1. The topological polar surface area (TPSA) is 74.0 Å². The van der Waals surface area contributed by atoms with E-state index < -0.39 is 23.7 Å². The Balaban J connectivity index is 3.49.